The molecule has 2 aromatic heterocycles. The molecule has 0 aliphatic carbocycles. The van der Waals surface area contributed by atoms with Crippen LogP contribution >= 0.6 is 11.6 Å². The van der Waals surface area contributed by atoms with E-state index in [1.54, 1.807) is 35.1 Å². The quantitative estimate of drug-likeness (QED) is 0.506. The van der Waals surface area contributed by atoms with E-state index in [4.69, 9.17) is 21.1 Å². The molecule has 0 radical (unpaired) electrons. The van der Waals surface area contributed by atoms with Crippen LogP contribution in [0.15, 0.2) is 49.2 Å². The summed E-state index contributed by atoms with van der Waals surface area (Å²) in [6, 6.07) is 7.34. The van der Waals surface area contributed by atoms with E-state index >= 15 is 0 Å². The Balaban J connectivity index is 1.31. The van der Waals surface area contributed by atoms with Crippen molar-refractivity contribution in [2.75, 3.05) is 45.9 Å². The lowest BCUT2D eigenvalue weighted by atomic mass is 9.73. The summed E-state index contributed by atoms with van der Waals surface area (Å²) in [6.07, 6.45) is 6.56. The van der Waals surface area contributed by atoms with Crippen LogP contribution in [0, 0.1) is 5.41 Å². The normalized spacial score (nSPS) is 22.6. The first-order valence-electron chi connectivity index (χ1n) is 13.2. The first-order chi connectivity index (χ1) is 19.4. The zero-order valence-electron chi connectivity index (χ0n) is 22.0. The van der Waals surface area contributed by atoms with Crippen molar-refractivity contribution in [1.29, 1.82) is 0 Å². The Bertz CT molecular complexity index is 1480. The van der Waals surface area contributed by atoms with Crippen molar-refractivity contribution in [1.82, 2.24) is 29.7 Å². The molecule has 0 saturated carbocycles. The predicted octanol–water partition coefficient (Wildman–Crippen LogP) is 2.13. The van der Waals surface area contributed by atoms with Gasteiger partial charge in [-0.2, -0.15) is 0 Å². The molecule has 12 heteroatoms. The molecule has 0 unspecified atom stereocenters. The third-order valence-corrected chi connectivity index (χ3v) is 8.25. The van der Waals surface area contributed by atoms with Gasteiger partial charge in [-0.1, -0.05) is 23.7 Å². The molecule has 11 nitrogen and oxygen atoms in total. The minimum atomic E-state index is -0.567. The summed E-state index contributed by atoms with van der Waals surface area (Å²) in [6.45, 7) is 1.89. The standard InChI is InChI=1S/C28H29ClN6O5/c1-33-17-31-11-22(33)27(38)35-12-20-18-4-2-5-23-25(18)40-16-28(20,15-35)14-32-24(36)13-34(8-3-9-39-23)26(37)19-6-7-30-10-21(19)29/h2,4-7,10-11,17,20H,3,8-9,12-16H2,1H3,(H,32,36)/t20-,28+/m0/s1. The van der Waals surface area contributed by atoms with Crippen molar-refractivity contribution in [2.24, 2.45) is 12.5 Å². The number of pyridine rings is 1. The Labute approximate surface area is 236 Å². The first-order valence-corrected chi connectivity index (χ1v) is 13.5. The number of ether oxygens (including phenoxy) is 2. The largest absolute Gasteiger partial charge is 0.490 e. The Hall–Kier alpha value is -4.12. The molecule has 4 bridgehead atoms. The van der Waals surface area contributed by atoms with Gasteiger partial charge in [-0.15, -0.1) is 0 Å². The van der Waals surface area contributed by atoms with E-state index < -0.39 is 5.41 Å². The Morgan fingerprint density at radius 2 is 2.00 bits per heavy atom. The number of hydrogen-bond donors (Lipinski definition) is 1. The van der Waals surface area contributed by atoms with Gasteiger partial charge in [-0.25, -0.2) is 4.98 Å². The molecule has 1 saturated heterocycles. The number of imidazole rings is 1. The molecule has 208 valence electrons. The second-order valence-electron chi connectivity index (χ2n) is 10.5. The van der Waals surface area contributed by atoms with E-state index in [2.05, 4.69) is 15.3 Å². The van der Waals surface area contributed by atoms with Gasteiger partial charge in [0.2, 0.25) is 5.91 Å². The van der Waals surface area contributed by atoms with Gasteiger partial charge in [-0.05, 0) is 18.6 Å². The fourth-order valence-electron chi connectivity index (χ4n) is 5.86. The third-order valence-electron chi connectivity index (χ3n) is 7.95. The molecule has 40 heavy (non-hydrogen) atoms. The molecule has 4 aliphatic heterocycles. The van der Waals surface area contributed by atoms with E-state index in [1.165, 1.54) is 17.3 Å². The monoisotopic (exact) mass is 564 g/mol. The Morgan fingerprint density at radius 1 is 1.12 bits per heavy atom. The highest BCUT2D eigenvalue weighted by atomic mass is 35.5. The number of nitrogens with zero attached hydrogens (tertiary/aromatic N) is 5. The third kappa shape index (κ3) is 4.64. The van der Waals surface area contributed by atoms with Gasteiger partial charge in [-0.3, -0.25) is 19.4 Å². The number of aryl methyl sites for hydroxylation is 1. The zero-order valence-corrected chi connectivity index (χ0v) is 22.8. The number of carbonyl (C=O) groups is 3. The number of likely N-dealkylation sites (tertiary alicyclic amines) is 1. The fourth-order valence-corrected chi connectivity index (χ4v) is 6.06. The van der Waals surface area contributed by atoms with Crippen LogP contribution in [0.1, 0.15) is 38.7 Å². The number of amides is 3. The number of halogens is 1. The average molecular weight is 565 g/mol. The van der Waals surface area contributed by atoms with Gasteiger partial charge in [0, 0.05) is 62.5 Å². The van der Waals surface area contributed by atoms with Crippen molar-refractivity contribution in [3.8, 4) is 11.5 Å². The highest BCUT2D eigenvalue weighted by Crippen LogP contribution is 2.52. The maximum atomic E-state index is 13.5. The first kappa shape index (κ1) is 26.1. The Kier molecular flexibility index (Phi) is 6.83. The van der Waals surface area contributed by atoms with Gasteiger partial charge in [0.25, 0.3) is 11.8 Å². The van der Waals surface area contributed by atoms with E-state index in [1.807, 2.05) is 18.2 Å². The molecule has 1 N–H and O–H groups in total. The summed E-state index contributed by atoms with van der Waals surface area (Å²) in [5.41, 5.74) is 1.17. The van der Waals surface area contributed by atoms with Crippen molar-refractivity contribution in [3.63, 3.8) is 0 Å². The lowest BCUT2D eigenvalue weighted by Crippen LogP contribution is -2.50. The molecule has 3 amide bonds. The molecule has 7 rings (SSSR count). The van der Waals surface area contributed by atoms with Crippen LogP contribution in [-0.4, -0.2) is 88.0 Å². The van der Waals surface area contributed by atoms with Gasteiger partial charge in [0.05, 0.1) is 42.9 Å². The van der Waals surface area contributed by atoms with Crippen LogP contribution in [0.4, 0.5) is 0 Å². The smallest absolute Gasteiger partial charge is 0.272 e. The number of nitrogens with one attached hydrogen (secondary N) is 1. The molecule has 2 atom stereocenters. The van der Waals surface area contributed by atoms with Gasteiger partial charge < -0.3 is 29.2 Å². The lowest BCUT2D eigenvalue weighted by Gasteiger charge is -2.40. The van der Waals surface area contributed by atoms with Crippen LogP contribution in [0.25, 0.3) is 0 Å². The molecular weight excluding hydrogens is 536 g/mol. The molecule has 3 aromatic rings. The summed E-state index contributed by atoms with van der Waals surface area (Å²) in [4.78, 5) is 51.4. The van der Waals surface area contributed by atoms with E-state index in [9.17, 15) is 14.4 Å². The second-order valence-corrected chi connectivity index (χ2v) is 10.9. The van der Waals surface area contributed by atoms with Crippen molar-refractivity contribution >= 4 is 29.3 Å². The minimum Gasteiger partial charge on any atom is -0.490 e. The number of benzene rings is 1. The van der Waals surface area contributed by atoms with Gasteiger partial charge in [0.15, 0.2) is 11.5 Å². The number of rotatable bonds is 2. The van der Waals surface area contributed by atoms with Crippen molar-refractivity contribution < 1.29 is 23.9 Å². The van der Waals surface area contributed by atoms with Crippen LogP contribution < -0.4 is 14.8 Å². The van der Waals surface area contributed by atoms with Crippen LogP contribution in [-0.2, 0) is 11.8 Å². The predicted molar refractivity (Wildman–Crippen MR) is 144 cm³/mol. The van der Waals surface area contributed by atoms with E-state index in [-0.39, 0.29) is 47.3 Å². The van der Waals surface area contributed by atoms with Crippen molar-refractivity contribution in [3.05, 3.63) is 71.0 Å². The van der Waals surface area contributed by atoms with Gasteiger partial charge in [0.1, 0.15) is 5.69 Å². The van der Waals surface area contributed by atoms with Crippen molar-refractivity contribution in [2.45, 2.75) is 12.3 Å². The number of carbonyl (C=O) groups excluding carboxylic acids is 3. The summed E-state index contributed by atoms with van der Waals surface area (Å²) < 4.78 is 14.1. The topological polar surface area (TPSA) is 119 Å². The maximum Gasteiger partial charge on any atom is 0.272 e. The number of aromatic nitrogens is 3. The summed E-state index contributed by atoms with van der Waals surface area (Å²) in [5.74, 6) is 0.415. The average Bonchev–Trinajstić information content (AvgIpc) is 3.57. The molecule has 6 heterocycles. The van der Waals surface area contributed by atoms with Gasteiger partial charge >= 0.3 is 0 Å². The van der Waals surface area contributed by atoms with E-state index in [0.29, 0.717) is 56.5 Å². The molecule has 1 aromatic carbocycles. The minimum absolute atomic E-state index is 0.0893. The maximum absolute atomic E-state index is 13.5. The number of para-hydroxylation sites is 1. The number of hydrogen-bond acceptors (Lipinski definition) is 7. The molecule has 1 fully saturated rings. The second kappa shape index (κ2) is 10.5. The highest BCUT2D eigenvalue weighted by Gasteiger charge is 2.53. The number of fused-ring (bicyclic) bond motifs is 9. The van der Waals surface area contributed by atoms with E-state index in [0.717, 1.165) is 5.56 Å². The molecule has 1 spiro atoms. The van der Waals surface area contributed by atoms with Crippen LogP contribution in [0.5, 0.6) is 11.5 Å². The molecular formula is C28H29ClN6O5. The summed E-state index contributed by atoms with van der Waals surface area (Å²) in [5, 5.41) is 3.27. The SMILES string of the molecule is Cn1cncc1C(=O)N1C[C@H]2c3cccc4c3OC[C@@]2(CNC(=O)CN(C(=O)c2ccncc2Cl)CCCO4)C1. The highest BCUT2D eigenvalue weighted by molar-refractivity contribution is 6.33. The van der Waals surface area contributed by atoms with Crippen LogP contribution in [0.2, 0.25) is 5.02 Å². The molecule has 4 aliphatic rings. The fraction of sp³-hybridized carbons (Fsp3) is 0.393. The zero-order chi connectivity index (χ0) is 27.9. The van der Waals surface area contributed by atoms with Crippen LogP contribution in [0.3, 0.4) is 0 Å². The summed E-state index contributed by atoms with van der Waals surface area (Å²) >= 11 is 6.23. The lowest BCUT2D eigenvalue weighted by molar-refractivity contribution is -0.122. The Morgan fingerprint density at radius 3 is 2.80 bits per heavy atom. The summed E-state index contributed by atoms with van der Waals surface area (Å²) in [7, 11) is 1.79.